The van der Waals surface area contributed by atoms with Crippen molar-refractivity contribution >= 4 is 0 Å². The molecule has 5 heteroatoms. The highest BCUT2D eigenvalue weighted by atomic mass is 15.6. The minimum Gasteiger partial charge on any atom is -0.301 e. The molecule has 2 unspecified atom stereocenters. The van der Waals surface area contributed by atoms with E-state index in [1.807, 2.05) is 4.80 Å². The number of piperidine rings is 1. The lowest BCUT2D eigenvalue weighted by molar-refractivity contribution is 0.152. The molecule has 2 aliphatic rings. The van der Waals surface area contributed by atoms with Crippen LogP contribution >= 0.6 is 0 Å². The monoisotopic (exact) mass is 179 g/mol. The van der Waals surface area contributed by atoms with Crippen LogP contribution in [0.15, 0.2) is 6.33 Å². The molecule has 2 saturated heterocycles. The van der Waals surface area contributed by atoms with Gasteiger partial charge in [0.05, 0.1) is 5.54 Å². The largest absolute Gasteiger partial charge is 0.301 e. The van der Waals surface area contributed by atoms with Crippen molar-refractivity contribution in [3.8, 4) is 0 Å². The second-order valence-corrected chi connectivity index (χ2v) is 4.08. The highest BCUT2D eigenvalue weighted by Crippen LogP contribution is 2.36. The first kappa shape index (κ1) is 7.44. The summed E-state index contributed by atoms with van der Waals surface area (Å²) in [6.07, 6.45) is 5.19. The summed E-state index contributed by atoms with van der Waals surface area (Å²) < 4.78 is 0. The van der Waals surface area contributed by atoms with E-state index >= 15 is 0 Å². The maximum atomic E-state index is 4.18. The first-order chi connectivity index (χ1) is 6.39. The van der Waals surface area contributed by atoms with E-state index in [4.69, 9.17) is 0 Å². The van der Waals surface area contributed by atoms with Gasteiger partial charge in [0.2, 0.25) is 0 Å². The predicted octanol–water partition coefficient (Wildman–Crippen LogP) is -0.132. The van der Waals surface area contributed by atoms with Crippen molar-refractivity contribution in [2.24, 2.45) is 0 Å². The Kier molecular flexibility index (Phi) is 1.44. The smallest absolute Gasteiger partial charge is 0.162 e. The van der Waals surface area contributed by atoms with Gasteiger partial charge in [0, 0.05) is 13.1 Å². The second kappa shape index (κ2) is 2.51. The minimum atomic E-state index is 0.175. The van der Waals surface area contributed by atoms with E-state index in [2.05, 4.69) is 20.3 Å². The molecule has 13 heavy (non-hydrogen) atoms. The third-order valence-electron chi connectivity index (χ3n) is 3.30. The van der Waals surface area contributed by atoms with Crippen LogP contribution < -0.4 is 0 Å². The number of hydrogen-bond acceptors (Lipinski definition) is 4. The van der Waals surface area contributed by atoms with E-state index in [1.54, 1.807) is 0 Å². The third kappa shape index (κ3) is 0.997. The molecule has 0 saturated carbocycles. The van der Waals surface area contributed by atoms with Gasteiger partial charge in [-0.2, -0.15) is 4.80 Å². The Morgan fingerprint density at radius 3 is 3.08 bits per heavy atom. The molecular weight excluding hydrogens is 166 g/mol. The standard InChI is InChI=1S/C8H13N5/c1-2-8(13-10-7-9-11-13)3-5-12(4-1)6-8/h7H,1-6H2. The summed E-state index contributed by atoms with van der Waals surface area (Å²) in [4.78, 5) is 4.32. The predicted molar refractivity (Wildman–Crippen MR) is 46.1 cm³/mol. The lowest BCUT2D eigenvalue weighted by atomic mass is 9.91. The van der Waals surface area contributed by atoms with E-state index in [-0.39, 0.29) is 5.54 Å². The summed E-state index contributed by atoms with van der Waals surface area (Å²) in [6.45, 7) is 3.56. The Labute approximate surface area is 76.7 Å². The fourth-order valence-electron chi connectivity index (χ4n) is 2.61. The molecule has 0 N–H and O–H groups in total. The van der Waals surface area contributed by atoms with Crippen molar-refractivity contribution in [1.29, 1.82) is 0 Å². The van der Waals surface area contributed by atoms with Crippen LogP contribution in [0.25, 0.3) is 0 Å². The maximum Gasteiger partial charge on any atom is 0.162 e. The Hall–Kier alpha value is -0.970. The third-order valence-corrected chi connectivity index (χ3v) is 3.30. The van der Waals surface area contributed by atoms with Crippen LogP contribution in [-0.2, 0) is 5.54 Å². The van der Waals surface area contributed by atoms with Crippen molar-refractivity contribution in [2.75, 3.05) is 19.6 Å². The number of fused-ring (bicyclic) bond motifs is 2. The lowest BCUT2D eigenvalue weighted by Crippen LogP contribution is -2.42. The molecule has 2 aliphatic heterocycles. The molecular formula is C8H13N5. The number of nitrogens with zero attached hydrogens (tertiary/aromatic N) is 5. The van der Waals surface area contributed by atoms with E-state index < -0.39 is 0 Å². The van der Waals surface area contributed by atoms with E-state index in [1.165, 1.54) is 38.7 Å². The molecule has 2 atom stereocenters. The summed E-state index contributed by atoms with van der Waals surface area (Å²) in [6, 6.07) is 0. The van der Waals surface area contributed by atoms with Gasteiger partial charge in [-0.3, -0.25) is 0 Å². The van der Waals surface area contributed by atoms with Crippen LogP contribution in [0.1, 0.15) is 19.3 Å². The van der Waals surface area contributed by atoms with Crippen LogP contribution in [-0.4, -0.2) is 44.7 Å². The van der Waals surface area contributed by atoms with Gasteiger partial charge in [-0.25, -0.2) is 0 Å². The van der Waals surface area contributed by atoms with E-state index in [0.29, 0.717) is 0 Å². The maximum absolute atomic E-state index is 4.18. The van der Waals surface area contributed by atoms with Crippen molar-refractivity contribution in [2.45, 2.75) is 24.8 Å². The zero-order valence-electron chi connectivity index (χ0n) is 7.56. The van der Waals surface area contributed by atoms with Gasteiger partial charge in [-0.05, 0) is 31.0 Å². The first-order valence-corrected chi connectivity index (χ1v) is 4.85. The van der Waals surface area contributed by atoms with Crippen molar-refractivity contribution in [3.05, 3.63) is 6.33 Å². The Morgan fingerprint density at radius 2 is 2.23 bits per heavy atom. The van der Waals surface area contributed by atoms with Crippen molar-refractivity contribution in [3.63, 3.8) is 0 Å². The number of rotatable bonds is 1. The van der Waals surface area contributed by atoms with E-state index in [9.17, 15) is 0 Å². The van der Waals surface area contributed by atoms with Gasteiger partial charge in [0.25, 0.3) is 0 Å². The average molecular weight is 179 g/mol. The average Bonchev–Trinajstić information content (AvgIpc) is 2.75. The highest BCUT2D eigenvalue weighted by molar-refractivity contribution is 4.95. The molecule has 0 amide bonds. The zero-order valence-corrected chi connectivity index (χ0v) is 7.56. The number of tetrazole rings is 1. The molecule has 5 nitrogen and oxygen atoms in total. The molecule has 3 heterocycles. The van der Waals surface area contributed by atoms with Crippen LogP contribution in [0.4, 0.5) is 0 Å². The summed E-state index contributed by atoms with van der Waals surface area (Å²) in [5, 5.41) is 12.0. The molecule has 0 aliphatic carbocycles. The molecule has 3 rings (SSSR count). The van der Waals surface area contributed by atoms with Crippen LogP contribution in [0.3, 0.4) is 0 Å². The Bertz CT molecular complexity index is 291. The van der Waals surface area contributed by atoms with Gasteiger partial charge in [-0.1, -0.05) is 0 Å². The fraction of sp³-hybridized carbons (Fsp3) is 0.875. The normalized spacial score (nSPS) is 38.0. The molecule has 1 aromatic rings. The van der Waals surface area contributed by atoms with E-state index in [0.717, 1.165) is 6.54 Å². The summed E-state index contributed by atoms with van der Waals surface area (Å²) in [5.74, 6) is 0. The quantitative estimate of drug-likeness (QED) is 0.602. The van der Waals surface area contributed by atoms with Crippen molar-refractivity contribution in [1.82, 2.24) is 25.1 Å². The number of hydrogen-bond donors (Lipinski definition) is 0. The van der Waals surface area contributed by atoms with Gasteiger partial charge < -0.3 is 4.90 Å². The Balaban J connectivity index is 1.97. The lowest BCUT2D eigenvalue weighted by Gasteiger charge is -2.32. The molecule has 2 fully saturated rings. The molecule has 0 aromatic carbocycles. The van der Waals surface area contributed by atoms with Gasteiger partial charge in [-0.15, -0.1) is 10.2 Å². The van der Waals surface area contributed by atoms with Gasteiger partial charge in [0.15, 0.2) is 6.33 Å². The topological polar surface area (TPSA) is 46.8 Å². The summed E-state index contributed by atoms with van der Waals surface area (Å²) in [5.41, 5.74) is 0.175. The Morgan fingerprint density at radius 1 is 1.23 bits per heavy atom. The fourth-order valence-corrected chi connectivity index (χ4v) is 2.61. The molecule has 70 valence electrons. The SMILES string of the molecule is c1nnn(C23CCCN(CC2)C3)n1. The summed E-state index contributed by atoms with van der Waals surface area (Å²) >= 11 is 0. The van der Waals surface area contributed by atoms with Crippen LogP contribution in [0.2, 0.25) is 0 Å². The molecule has 1 aromatic heterocycles. The molecule has 0 radical (unpaired) electrons. The second-order valence-electron chi connectivity index (χ2n) is 4.08. The van der Waals surface area contributed by atoms with Gasteiger partial charge in [0.1, 0.15) is 0 Å². The summed E-state index contributed by atoms with van der Waals surface area (Å²) in [7, 11) is 0. The first-order valence-electron chi connectivity index (χ1n) is 4.85. The highest BCUT2D eigenvalue weighted by Gasteiger charge is 2.43. The number of aromatic nitrogens is 4. The van der Waals surface area contributed by atoms with Crippen LogP contribution in [0, 0.1) is 0 Å². The van der Waals surface area contributed by atoms with Crippen molar-refractivity contribution < 1.29 is 0 Å². The zero-order chi connectivity index (χ0) is 8.73. The minimum absolute atomic E-state index is 0.175. The molecule has 2 bridgehead atoms. The van der Waals surface area contributed by atoms with Crippen LogP contribution in [0.5, 0.6) is 0 Å². The van der Waals surface area contributed by atoms with Gasteiger partial charge >= 0.3 is 0 Å². The molecule has 0 spiro atoms.